The second kappa shape index (κ2) is 24.9. The molecule has 5 unspecified atom stereocenters. The fourth-order valence-electron chi connectivity index (χ4n) is 11.9. The average molecular weight is 1200 g/mol. The number of thiophene rings is 1. The highest BCUT2D eigenvalue weighted by Gasteiger charge is 2.41. The molecule has 0 spiro atoms. The zero-order valence-corrected chi connectivity index (χ0v) is 48.8. The van der Waals surface area contributed by atoms with E-state index < -0.39 is 29.2 Å². The Kier molecular flexibility index (Phi) is 17.2. The molecule has 0 aliphatic carbocycles. The molecule has 85 heavy (non-hydrogen) atoms. The fourth-order valence-corrected chi connectivity index (χ4v) is 13.1. The molecular weight excluding hydrogens is 1140 g/mol. The van der Waals surface area contributed by atoms with Crippen LogP contribution in [-0.2, 0) is 27.1 Å². The molecule has 17 nitrogen and oxygen atoms in total. The molecule has 2 amide bonds. The van der Waals surface area contributed by atoms with Crippen molar-refractivity contribution in [3.05, 3.63) is 124 Å². The molecule has 4 aliphatic heterocycles. The first-order valence-electron chi connectivity index (χ1n) is 28.4. The number of hydrogen-bond acceptors (Lipinski definition) is 15. The van der Waals surface area contributed by atoms with Gasteiger partial charge in [0.25, 0.3) is 0 Å². The van der Waals surface area contributed by atoms with Crippen molar-refractivity contribution in [1.82, 2.24) is 45.5 Å². The van der Waals surface area contributed by atoms with E-state index >= 15 is 17.6 Å². The van der Waals surface area contributed by atoms with E-state index in [0.29, 0.717) is 73.9 Å². The van der Waals surface area contributed by atoms with Gasteiger partial charge in [-0.2, -0.15) is 28.4 Å². The largest absolute Gasteiger partial charge is 0.486 e. The molecule has 12 rings (SSSR count). The van der Waals surface area contributed by atoms with Crippen LogP contribution in [0.25, 0.3) is 54.5 Å². The summed E-state index contributed by atoms with van der Waals surface area (Å²) in [5.74, 6) is -0.723. The molecule has 23 heteroatoms. The zero-order chi connectivity index (χ0) is 59.7. The van der Waals surface area contributed by atoms with Crippen LogP contribution in [0, 0.1) is 23.1 Å². The smallest absolute Gasteiger partial charge is 0.417 e. The van der Waals surface area contributed by atoms with Crippen molar-refractivity contribution in [1.29, 1.82) is 5.26 Å². The van der Waals surface area contributed by atoms with Crippen LogP contribution in [0.4, 0.5) is 28.4 Å². The number of alkyl halides is 3. The number of nitriles is 1. The van der Waals surface area contributed by atoms with Crippen molar-refractivity contribution in [3.63, 3.8) is 0 Å². The lowest BCUT2D eigenvalue weighted by Gasteiger charge is -2.35. The van der Waals surface area contributed by atoms with Crippen LogP contribution in [0.2, 0.25) is 5.02 Å². The number of nitrogens with zero attached hydrogens (tertiary/aromatic N) is 9. The normalized spacial score (nSPS) is 18.7. The van der Waals surface area contributed by atoms with Gasteiger partial charge in [0.05, 0.1) is 46.3 Å². The number of aromatic nitrogens is 6. The van der Waals surface area contributed by atoms with E-state index in [4.69, 9.17) is 41.5 Å². The van der Waals surface area contributed by atoms with E-state index in [1.54, 1.807) is 41.5 Å². The monoisotopic (exact) mass is 1200 g/mol. The summed E-state index contributed by atoms with van der Waals surface area (Å²) in [5.41, 5.74) is 9.36. The van der Waals surface area contributed by atoms with Gasteiger partial charge in [-0.3, -0.25) is 14.6 Å². The quantitative estimate of drug-likeness (QED) is 0.0644. The summed E-state index contributed by atoms with van der Waals surface area (Å²) in [6, 6.07) is 22.0. The number of halogens is 5. The number of nitrogen functional groups attached to an aromatic ring is 1. The number of ether oxygens (including phenoxy) is 3. The van der Waals surface area contributed by atoms with E-state index in [9.17, 15) is 14.9 Å². The molecule has 8 aromatic rings. The Labute approximate surface area is 497 Å². The predicted molar refractivity (Wildman–Crippen MR) is 317 cm³/mol. The minimum atomic E-state index is -4.97. The Morgan fingerprint density at radius 3 is 2.38 bits per heavy atom. The maximum atomic E-state index is 15.9. The van der Waals surface area contributed by atoms with Gasteiger partial charge >= 0.3 is 12.2 Å². The molecule has 442 valence electrons. The maximum absolute atomic E-state index is 15.9. The second-order valence-electron chi connectivity index (χ2n) is 22.3. The second-order valence-corrected chi connectivity index (χ2v) is 23.8. The van der Waals surface area contributed by atoms with E-state index in [1.807, 2.05) is 73.0 Å². The highest BCUT2D eigenvalue weighted by Crippen LogP contribution is 2.52. The zero-order valence-electron chi connectivity index (χ0n) is 47.2. The molecule has 5 atom stereocenters. The SMILES string of the molecule is CC(C)C(C(=O)N1CCCC1C)n1cc(-c2ccc(COc3c(-c4ccc(F)c5sc(N)c(C#N)c45)c(C(F)(F)F)cc4c(N5CC6CCC(C5)N6)nc(OC5CCOCC5)nc34)cc2)nn1.CC(NC=O)c1ccc(-c2cnccc2Cl)cc1. The van der Waals surface area contributed by atoms with Crippen LogP contribution in [0.3, 0.4) is 0 Å². The van der Waals surface area contributed by atoms with Crippen LogP contribution < -0.4 is 30.7 Å². The van der Waals surface area contributed by atoms with Crippen LogP contribution in [0.1, 0.15) is 101 Å². The Balaban J connectivity index is 0.000000357. The third kappa shape index (κ3) is 12.3. The molecule has 0 radical (unpaired) electrons. The highest BCUT2D eigenvalue weighted by atomic mass is 35.5. The van der Waals surface area contributed by atoms with E-state index in [2.05, 4.69) is 32.9 Å². The molecule has 8 heterocycles. The van der Waals surface area contributed by atoms with Crippen LogP contribution in [-0.4, -0.2) is 104 Å². The summed E-state index contributed by atoms with van der Waals surface area (Å²) in [6.07, 6.45) is 5.49. The molecule has 4 aromatic heterocycles. The molecule has 4 N–H and O–H groups in total. The minimum absolute atomic E-state index is 0.000852. The molecule has 4 aliphatic rings. The first-order valence-corrected chi connectivity index (χ1v) is 29.6. The Morgan fingerprint density at radius 1 is 0.988 bits per heavy atom. The van der Waals surface area contributed by atoms with Gasteiger partial charge in [0.2, 0.25) is 12.3 Å². The summed E-state index contributed by atoms with van der Waals surface area (Å²) < 4.78 is 83.3. The lowest BCUT2D eigenvalue weighted by Crippen LogP contribution is -2.51. The Bertz CT molecular complexity index is 3780. The van der Waals surface area contributed by atoms with Gasteiger partial charge in [-0.15, -0.1) is 16.4 Å². The molecule has 2 bridgehead atoms. The number of nitrogens with two attached hydrogens (primary N) is 1. The number of anilines is 2. The van der Waals surface area contributed by atoms with Gasteiger partial charge in [-0.1, -0.05) is 85.3 Å². The van der Waals surface area contributed by atoms with Gasteiger partial charge in [0, 0.05) is 90.5 Å². The Hall–Kier alpha value is -7.97. The summed E-state index contributed by atoms with van der Waals surface area (Å²) in [4.78, 5) is 41.8. The summed E-state index contributed by atoms with van der Waals surface area (Å²) >= 11 is 6.90. The fraction of sp³-hybridized carbons (Fsp3) is 0.387. The van der Waals surface area contributed by atoms with Crippen LogP contribution >= 0.6 is 22.9 Å². The third-order valence-electron chi connectivity index (χ3n) is 16.3. The van der Waals surface area contributed by atoms with Crippen molar-refractivity contribution < 1.29 is 41.4 Å². The molecular formula is C62H63ClF4N12O5S. The highest BCUT2D eigenvalue weighted by molar-refractivity contribution is 7.23. The number of pyridine rings is 1. The third-order valence-corrected chi connectivity index (χ3v) is 17.7. The number of nitrogens with one attached hydrogen (secondary N) is 2. The van der Waals surface area contributed by atoms with Gasteiger partial charge in [-0.05, 0) is 85.9 Å². The van der Waals surface area contributed by atoms with Crippen molar-refractivity contribution in [2.45, 2.75) is 115 Å². The first-order chi connectivity index (χ1) is 41.0. The number of amides is 2. The average Bonchev–Trinajstić information content (AvgIpc) is 1.84. The van der Waals surface area contributed by atoms with Crippen LogP contribution in [0.15, 0.2) is 91.4 Å². The van der Waals surface area contributed by atoms with Gasteiger partial charge in [0.1, 0.15) is 52.7 Å². The summed E-state index contributed by atoms with van der Waals surface area (Å²) in [6.45, 7) is 10.4. The van der Waals surface area contributed by atoms with E-state index in [0.717, 1.165) is 65.8 Å². The number of carbonyl (C=O) groups is 2. The number of hydrogen-bond donors (Lipinski definition) is 3. The number of fused-ring (bicyclic) bond motifs is 4. The number of rotatable bonds is 15. The van der Waals surface area contributed by atoms with Crippen molar-refractivity contribution >= 4 is 67.1 Å². The van der Waals surface area contributed by atoms with Crippen molar-refractivity contribution in [2.24, 2.45) is 5.92 Å². The van der Waals surface area contributed by atoms with Crippen molar-refractivity contribution in [3.8, 4) is 51.3 Å². The lowest BCUT2D eigenvalue weighted by atomic mass is 9.92. The number of benzene rings is 4. The molecule has 0 saturated carbocycles. The number of likely N-dealkylation sites (tertiary alicyclic amines) is 1. The lowest BCUT2D eigenvalue weighted by molar-refractivity contribution is -0.137. The van der Waals surface area contributed by atoms with E-state index in [-0.39, 0.29) is 103 Å². The molecule has 4 fully saturated rings. The first kappa shape index (κ1) is 58.8. The van der Waals surface area contributed by atoms with E-state index in [1.165, 1.54) is 6.07 Å². The Morgan fingerprint density at radius 2 is 1.72 bits per heavy atom. The van der Waals surface area contributed by atoms with Crippen LogP contribution in [0.5, 0.6) is 11.8 Å². The predicted octanol–water partition coefficient (Wildman–Crippen LogP) is 11.9. The number of carbonyl (C=O) groups excluding carboxylic acids is 2. The van der Waals surface area contributed by atoms with Crippen molar-refractivity contribution in [2.75, 3.05) is 43.5 Å². The maximum Gasteiger partial charge on any atom is 0.417 e. The topological polar surface area (TPSA) is 212 Å². The summed E-state index contributed by atoms with van der Waals surface area (Å²) in [7, 11) is 0. The standard InChI is InChI=1S/C48H50F4N10O4S.C14H13ClN2O/c1-25(2)41(46(63)61-16-4-5-26(61)3)62-23-37(58-59-62)28-8-6-27(7-9-28)24-65-42-39(32-12-13-36(49)43-38(32)34(20-53)44(54)67-43)35(48(50,51)52)19-33-40(42)56-47(66-31-14-17-64-18-15-31)57-45(33)60-21-29-10-11-30(22-60)55-29;1-10(17-9-18)11-2-4-12(5-3-11)13-8-16-7-6-14(13)15/h6-9,12-13,19,23,25-26,29-31,41,55H,4-5,10-11,14-18,21-22,24,54H2,1-3H3;2-10H,1H3,(H,17,18). The minimum Gasteiger partial charge on any atom is -0.486 e. The van der Waals surface area contributed by atoms with Gasteiger partial charge < -0.3 is 40.4 Å². The molecule has 4 saturated heterocycles. The van der Waals surface area contributed by atoms with Gasteiger partial charge in [-0.25, -0.2) is 9.07 Å². The van der Waals surface area contributed by atoms with Gasteiger partial charge in [0.15, 0.2) is 5.75 Å². The molecule has 4 aromatic carbocycles. The number of piperazine rings is 1. The summed E-state index contributed by atoms with van der Waals surface area (Å²) in [5, 5.41) is 26.1.